The molecule has 0 unspecified atom stereocenters. The van der Waals surface area contributed by atoms with Crippen LogP contribution in [0.2, 0.25) is 0 Å². The molecule has 0 nitrogen and oxygen atoms in total. The van der Waals surface area contributed by atoms with Gasteiger partial charge in [0.1, 0.15) is 0 Å². The van der Waals surface area contributed by atoms with E-state index in [-0.39, 0.29) is 0 Å². The molecule has 0 fully saturated rings. The predicted molar refractivity (Wildman–Crippen MR) is 61.5 cm³/mol. The molecule has 0 aromatic heterocycles. The molecule has 0 heterocycles. The molecule has 0 radical (unpaired) electrons. The Bertz CT molecular complexity index is 241. The number of benzene rings is 1. The van der Waals surface area contributed by atoms with E-state index in [9.17, 15) is 0 Å². The lowest BCUT2D eigenvalue weighted by atomic mass is 10.0. The fraction of sp³-hybridized carbons (Fsp3) is 0.400. The molecule has 0 aliphatic carbocycles. The first kappa shape index (κ1) is 10.3. The quantitative estimate of drug-likeness (QED) is 0.742. The monoisotopic (exact) mass is 290 g/mol. The fourth-order valence-corrected chi connectivity index (χ4v) is 2.96. The number of rotatable bonds is 3. The van der Waals surface area contributed by atoms with Crippen LogP contribution < -0.4 is 0 Å². The number of aryl methyl sites for hydroxylation is 1. The minimum absolute atomic E-state index is 0.588. The Morgan fingerprint density at radius 3 is 2.42 bits per heavy atom. The number of hydrogen-bond donors (Lipinski definition) is 0. The first-order chi connectivity index (χ1) is 5.77. The summed E-state index contributed by atoms with van der Waals surface area (Å²) in [5, 5.41) is 2.03. The lowest BCUT2D eigenvalue weighted by Crippen LogP contribution is -2.01. The van der Waals surface area contributed by atoms with Crippen LogP contribution in [0, 0.1) is 6.92 Å². The van der Waals surface area contributed by atoms with E-state index in [0.717, 1.165) is 10.7 Å². The summed E-state index contributed by atoms with van der Waals surface area (Å²) in [6.07, 6.45) is 0. The molecule has 0 aliphatic heterocycles. The van der Waals surface area contributed by atoms with Crippen molar-refractivity contribution in [3.05, 3.63) is 35.4 Å². The van der Waals surface area contributed by atoms with Crippen molar-refractivity contribution in [2.24, 2.45) is 0 Å². The summed E-state index contributed by atoms with van der Waals surface area (Å²) in [4.78, 5) is 0. The molecule has 12 heavy (non-hydrogen) atoms. The van der Waals surface area contributed by atoms with Gasteiger partial charge in [0.2, 0.25) is 0 Å². The van der Waals surface area contributed by atoms with Gasteiger partial charge in [-0.15, -0.1) is 0 Å². The van der Waals surface area contributed by atoms with Gasteiger partial charge >= 0.3 is 0 Å². The maximum absolute atomic E-state index is 3.51. The number of hydrogen-bond acceptors (Lipinski definition) is 0. The molecular weight excluding hydrogens is 280 g/mol. The second-order valence-corrected chi connectivity index (χ2v) is 4.21. The molecule has 66 valence electrons. The number of alkyl halides is 2. The normalized spacial score (nSPS) is 10.7. The average Bonchev–Trinajstić information content (AvgIpc) is 2.07. The molecule has 0 amide bonds. The van der Waals surface area contributed by atoms with Crippen molar-refractivity contribution in [3.63, 3.8) is 0 Å². The van der Waals surface area contributed by atoms with E-state index < -0.39 is 0 Å². The summed E-state index contributed by atoms with van der Waals surface area (Å²) < 4.78 is 0. The van der Waals surface area contributed by atoms with Crippen molar-refractivity contribution in [2.75, 3.05) is 10.7 Å². The van der Waals surface area contributed by atoms with E-state index >= 15 is 0 Å². The van der Waals surface area contributed by atoms with Gasteiger partial charge in [0.05, 0.1) is 0 Å². The molecule has 2 heteroatoms. The van der Waals surface area contributed by atoms with Crippen LogP contribution in [-0.4, -0.2) is 10.7 Å². The Morgan fingerprint density at radius 2 is 1.92 bits per heavy atom. The first-order valence-corrected chi connectivity index (χ1v) is 6.20. The van der Waals surface area contributed by atoms with E-state index in [0.29, 0.717) is 5.92 Å². The summed E-state index contributed by atoms with van der Waals surface area (Å²) in [5.74, 6) is 0.588. The highest BCUT2D eigenvalue weighted by Crippen LogP contribution is 2.21. The molecule has 1 aromatic carbocycles. The maximum Gasteiger partial charge on any atom is 0.0108 e. The molecule has 0 aliphatic rings. The van der Waals surface area contributed by atoms with Crippen molar-refractivity contribution in [1.29, 1.82) is 0 Å². The van der Waals surface area contributed by atoms with Crippen LogP contribution in [0.3, 0.4) is 0 Å². The zero-order chi connectivity index (χ0) is 8.97. The van der Waals surface area contributed by atoms with Crippen LogP contribution in [0.25, 0.3) is 0 Å². The van der Waals surface area contributed by atoms with Crippen LogP contribution in [0.15, 0.2) is 24.3 Å². The van der Waals surface area contributed by atoms with Crippen molar-refractivity contribution in [2.45, 2.75) is 12.8 Å². The highest BCUT2D eigenvalue weighted by molar-refractivity contribution is 9.09. The van der Waals surface area contributed by atoms with Crippen molar-refractivity contribution in [3.8, 4) is 0 Å². The standard InChI is InChI=1S/C10H12Br2/c1-8-3-2-4-9(5-8)10(6-11)7-12/h2-5,10H,6-7H2,1H3. The Labute approximate surface area is 90.6 Å². The highest BCUT2D eigenvalue weighted by atomic mass is 79.9. The van der Waals surface area contributed by atoms with Crippen molar-refractivity contribution < 1.29 is 0 Å². The smallest absolute Gasteiger partial charge is 0.0108 e. The lowest BCUT2D eigenvalue weighted by Gasteiger charge is -2.10. The van der Waals surface area contributed by atoms with Gasteiger partial charge in [0.15, 0.2) is 0 Å². The molecule has 0 saturated heterocycles. The predicted octanol–water partition coefficient (Wildman–Crippen LogP) is 3.87. The van der Waals surface area contributed by atoms with E-state index in [1.165, 1.54) is 11.1 Å². The Kier molecular flexibility index (Phi) is 4.30. The first-order valence-electron chi connectivity index (χ1n) is 3.96. The van der Waals surface area contributed by atoms with Crippen molar-refractivity contribution in [1.82, 2.24) is 0 Å². The molecule has 0 N–H and O–H groups in total. The summed E-state index contributed by atoms with van der Waals surface area (Å²) in [6.45, 7) is 2.13. The number of halogens is 2. The third-order valence-corrected chi connectivity index (χ3v) is 3.45. The van der Waals surface area contributed by atoms with E-state index in [1.807, 2.05) is 0 Å². The lowest BCUT2D eigenvalue weighted by molar-refractivity contribution is 0.908. The van der Waals surface area contributed by atoms with Crippen molar-refractivity contribution >= 4 is 31.9 Å². The molecule has 0 bridgehead atoms. The Balaban J connectivity index is 2.85. The molecule has 0 spiro atoms. The average molecular weight is 292 g/mol. The third kappa shape index (κ3) is 2.60. The fourth-order valence-electron chi connectivity index (χ4n) is 1.14. The molecule has 1 aromatic rings. The summed E-state index contributed by atoms with van der Waals surface area (Å²) >= 11 is 7.01. The molecule has 0 saturated carbocycles. The van der Waals surface area contributed by atoms with Gasteiger partial charge in [0, 0.05) is 16.6 Å². The SMILES string of the molecule is Cc1cccc(C(CBr)CBr)c1. The van der Waals surface area contributed by atoms with E-state index in [2.05, 4.69) is 63.0 Å². The Morgan fingerprint density at radius 1 is 1.25 bits per heavy atom. The minimum Gasteiger partial charge on any atom is -0.0921 e. The van der Waals surface area contributed by atoms with Crippen LogP contribution in [0.1, 0.15) is 17.0 Å². The van der Waals surface area contributed by atoms with Crippen LogP contribution in [0.5, 0.6) is 0 Å². The van der Waals surface area contributed by atoms with Crippen LogP contribution in [0.4, 0.5) is 0 Å². The summed E-state index contributed by atoms with van der Waals surface area (Å²) in [7, 11) is 0. The highest BCUT2D eigenvalue weighted by Gasteiger charge is 2.07. The second-order valence-electron chi connectivity index (χ2n) is 2.92. The zero-order valence-electron chi connectivity index (χ0n) is 7.06. The summed E-state index contributed by atoms with van der Waals surface area (Å²) in [5.41, 5.74) is 2.74. The zero-order valence-corrected chi connectivity index (χ0v) is 10.2. The topological polar surface area (TPSA) is 0 Å². The van der Waals surface area contributed by atoms with Crippen LogP contribution >= 0.6 is 31.9 Å². The Hall–Kier alpha value is 0.180. The van der Waals surface area contributed by atoms with Gasteiger partial charge in [-0.05, 0) is 12.5 Å². The van der Waals surface area contributed by atoms with E-state index in [4.69, 9.17) is 0 Å². The largest absolute Gasteiger partial charge is 0.0921 e. The molecule has 0 atom stereocenters. The minimum atomic E-state index is 0.588. The molecule has 1 rings (SSSR count). The third-order valence-electron chi connectivity index (χ3n) is 1.89. The van der Waals surface area contributed by atoms with Gasteiger partial charge < -0.3 is 0 Å². The van der Waals surface area contributed by atoms with Gasteiger partial charge in [-0.2, -0.15) is 0 Å². The van der Waals surface area contributed by atoms with Gasteiger partial charge in [-0.3, -0.25) is 0 Å². The van der Waals surface area contributed by atoms with Crippen LogP contribution in [-0.2, 0) is 0 Å². The van der Waals surface area contributed by atoms with Gasteiger partial charge in [-0.1, -0.05) is 61.7 Å². The van der Waals surface area contributed by atoms with E-state index in [1.54, 1.807) is 0 Å². The van der Waals surface area contributed by atoms with Gasteiger partial charge in [-0.25, -0.2) is 0 Å². The second kappa shape index (κ2) is 5.03. The maximum atomic E-state index is 3.51. The van der Waals surface area contributed by atoms with Gasteiger partial charge in [0.25, 0.3) is 0 Å². The summed E-state index contributed by atoms with van der Waals surface area (Å²) in [6, 6.07) is 8.67. The molecular formula is C10H12Br2.